The molecule has 1 aliphatic carbocycles. The number of hydrogen-bond acceptors (Lipinski definition) is 4. The van der Waals surface area contributed by atoms with Crippen LogP contribution in [0.4, 0.5) is 0 Å². The van der Waals surface area contributed by atoms with Gasteiger partial charge in [0.2, 0.25) is 10.0 Å². The van der Waals surface area contributed by atoms with Gasteiger partial charge in [0, 0.05) is 29.7 Å². The Morgan fingerprint density at radius 2 is 1.90 bits per heavy atom. The van der Waals surface area contributed by atoms with Gasteiger partial charge in [-0.3, -0.25) is 4.68 Å². The standard InChI is InChI=1S/C22H22ClN5O2S/c1-15(16-4-7-19(23)8-5-16)26-31(29,30)21-10-24-28(14-21)13-20-12-27-11-18(17-2-3-17)6-9-22(27)25-20/h4-12,14-15,17,26H,2-3,13H2,1H3. The normalized spacial score (nSPS) is 15.4. The zero-order valence-electron chi connectivity index (χ0n) is 16.9. The molecule has 0 aliphatic heterocycles. The molecule has 1 fully saturated rings. The van der Waals surface area contributed by atoms with E-state index in [1.54, 1.807) is 35.9 Å². The van der Waals surface area contributed by atoms with E-state index in [0.717, 1.165) is 16.9 Å². The summed E-state index contributed by atoms with van der Waals surface area (Å²) in [5, 5.41) is 4.83. The molecule has 1 unspecified atom stereocenters. The van der Waals surface area contributed by atoms with Crippen LogP contribution in [0.25, 0.3) is 5.65 Å². The third-order valence-electron chi connectivity index (χ3n) is 5.52. The van der Waals surface area contributed by atoms with E-state index >= 15 is 0 Å². The van der Waals surface area contributed by atoms with E-state index in [1.807, 2.05) is 16.7 Å². The van der Waals surface area contributed by atoms with Crippen molar-refractivity contribution in [2.45, 2.75) is 43.2 Å². The molecule has 3 aromatic heterocycles. The molecule has 160 valence electrons. The quantitative estimate of drug-likeness (QED) is 0.454. The predicted molar refractivity (Wildman–Crippen MR) is 119 cm³/mol. The first-order chi connectivity index (χ1) is 14.9. The number of hydrogen-bond donors (Lipinski definition) is 1. The molecule has 0 saturated heterocycles. The molecule has 1 aliphatic rings. The molecule has 1 N–H and O–H groups in total. The molecule has 4 aromatic rings. The summed E-state index contributed by atoms with van der Waals surface area (Å²) in [6.07, 6.45) is 9.49. The van der Waals surface area contributed by atoms with Gasteiger partial charge in [0.25, 0.3) is 0 Å². The van der Waals surface area contributed by atoms with Crippen LogP contribution in [0.2, 0.25) is 5.02 Å². The maximum Gasteiger partial charge on any atom is 0.244 e. The van der Waals surface area contributed by atoms with Crippen molar-refractivity contribution in [2.75, 3.05) is 0 Å². The molecule has 5 rings (SSSR count). The van der Waals surface area contributed by atoms with Gasteiger partial charge in [0.05, 0.1) is 18.4 Å². The van der Waals surface area contributed by atoms with Gasteiger partial charge in [-0.05, 0) is 55.0 Å². The zero-order chi connectivity index (χ0) is 21.6. The minimum atomic E-state index is -3.71. The number of benzene rings is 1. The van der Waals surface area contributed by atoms with Crippen LogP contribution in [0.3, 0.4) is 0 Å². The van der Waals surface area contributed by atoms with E-state index < -0.39 is 16.1 Å². The Hall–Kier alpha value is -2.68. The topological polar surface area (TPSA) is 81.3 Å². The Bertz CT molecular complexity index is 1340. The van der Waals surface area contributed by atoms with Gasteiger partial charge in [-0.15, -0.1) is 0 Å². The number of pyridine rings is 1. The third-order valence-corrected chi connectivity index (χ3v) is 7.27. The lowest BCUT2D eigenvalue weighted by atomic mass is 10.1. The number of fused-ring (bicyclic) bond motifs is 1. The van der Waals surface area contributed by atoms with Crippen LogP contribution in [0, 0.1) is 0 Å². The van der Waals surface area contributed by atoms with E-state index in [2.05, 4.69) is 27.1 Å². The lowest BCUT2D eigenvalue weighted by molar-refractivity contribution is 0.566. The van der Waals surface area contributed by atoms with E-state index in [9.17, 15) is 8.42 Å². The van der Waals surface area contributed by atoms with Gasteiger partial charge in [-0.1, -0.05) is 29.8 Å². The van der Waals surface area contributed by atoms with Crippen molar-refractivity contribution in [3.8, 4) is 0 Å². The first kappa shape index (κ1) is 20.2. The van der Waals surface area contributed by atoms with Crippen LogP contribution in [0.1, 0.15) is 48.5 Å². The Labute approximate surface area is 185 Å². The SMILES string of the molecule is CC(NS(=O)(=O)c1cnn(Cc2cn3cc(C4CC4)ccc3n2)c1)c1ccc(Cl)cc1. The maximum atomic E-state index is 12.8. The molecule has 0 spiro atoms. The lowest BCUT2D eigenvalue weighted by Crippen LogP contribution is -2.26. The fraction of sp³-hybridized carbons (Fsp3) is 0.273. The van der Waals surface area contributed by atoms with Crippen molar-refractivity contribution in [3.63, 3.8) is 0 Å². The largest absolute Gasteiger partial charge is 0.306 e. The van der Waals surface area contributed by atoms with Crippen LogP contribution in [0.15, 0.2) is 66.1 Å². The molecule has 3 heterocycles. The van der Waals surface area contributed by atoms with Gasteiger partial charge < -0.3 is 4.40 Å². The second kappa shape index (κ2) is 7.78. The van der Waals surface area contributed by atoms with Gasteiger partial charge in [-0.25, -0.2) is 18.1 Å². The first-order valence-corrected chi connectivity index (χ1v) is 12.0. The summed E-state index contributed by atoms with van der Waals surface area (Å²) in [4.78, 5) is 4.74. The smallest absolute Gasteiger partial charge is 0.244 e. The van der Waals surface area contributed by atoms with Gasteiger partial charge >= 0.3 is 0 Å². The number of rotatable bonds is 7. The Morgan fingerprint density at radius 3 is 2.65 bits per heavy atom. The van der Waals surface area contributed by atoms with Crippen LogP contribution in [0.5, 0.6) is 0 Å². The third kappa shape index (κ3) is 4.37. The molecule has 1 atom stereocenters. The van der Waals surface area contributed by atoms with Crippen molar-refractivity contribution in [2.24, 2.45) is 0 Å². The minimum Gasteiger partial charge on any atom is -0.306 e. The molecular formula is C22H22ClN5O2S. The van der Waals surface area contributed by atoms with Crippen molar-refractivity contribution >= 4 is 27.3 Å². The molecule has 0 bridgehead atoms. The number of imidazole rings is 1. The van der Waals surface area contributed by atoms with Crippen LogP contribution in [-0.2, 0) is 16.6 Å². The van der Waals surface area contributed by atoms with E-state index in [1.165, 1.54) is 30.8 Å². The first-order valence-electron chi connectivity index (χ1n) is 10.2. The molecule has 1 saturated carbocycles. The summed E-state index contributed by atoms with van der Waals surface area (Å²) in [6.45, 7) is 2.18. The maximum absolute atomic E-state index is 12.8. The van der Waals surface area contributed by atoms with Crippen molar-refractivity contribution in [1.29, 1.82) is 0 Å². The summed E-state index contributed by atoms with van der Waals surface area (Å²) in [6, 6.07) is 10.8. The monoisotopic (exact) mass is 455 g/mol. The molecular weight excluding hydrogens is 434 g/mol. The highest BCUT2D eigenvalue weighted by Gasteiger charge is 2.24. The fourth-order valence-corrected chi connectivity index (χ4v) is 4.96. The number of nitrogens with zero attached hydrogens (tertiary/aromatic N) is 4. The zero-order valence-corrected chi connectivity index (χ0v) is 18.5. The number of sulfonamides is 1. The highest BCUT2D eigenvalue weighted by atomic mass is 35.5. The number of nitrogens with one attached hydrogen (secondary N) is 1. The Balaban J connectivity index is 1.30. The van der Waals surface area contributed by atoms with Crippen molar-refractivity contribution < 1.29 is 8.42 Å². The summed E-state index contributed by atoms with van der Waals surface area (Å²) in [5.41, 5.74) is 3.86. The summed E-state index contributed by atoms with van der Waals surface area (Å²) in [7, 11) is -3.71. The average molecular weight is 456 g/mol. The minimum absolute atomic E-state index is 0.119. The number of halogens is 1. The lowest BCUT2D eigenvalue weighted by Gasteiger charge is -2.13. The fourth-order valence-electron chi connectivity index (χ4n) is 3.65. The average Bonchev–Trinajstić information content (AvgIpc) is 3.34. The highest BCUT2D eigenvalue weighted by Crippen LogP contribution is 2.39. The van der Waals surface area contributed by atoms with Gasteiger partial charge in [0.1, 0.15) is 10.5 Å². The van der Waals surface area contributed by atoms with E-state index in [4.69, 9.17) is 11.6 Å². The van der Waals surface area contributed by atoms with E-state index in [-0.39, 0.29) is 4.90 Å². The highest BCUT2D eigenvalue weighted by molar-refractivity contribution is 7.89. The molecule has 0 amide bonds. The summed E-state index contributed by atoms with van der Waals surface area (Å²) in [5.74, 6) is 0.678. The van der Waals surface area contributed by atoms with Crippen LogP contribution >= 0.6 is 11.6 Å². The molecule has 1 aromatic carbocycles. The van der Waals surface area contributed by atoms with Crippen LogP contribution < -0.4 is 4.72 Å². The summed E-state index contributed by atoms with van der Waals surface area (Å²) < 4.78 is 31.9. The second-order valence-electron chi connectivity index (χ2n) is 8.00. The summed E-state index contributed by atoms with van der Waals surface area (Å²) >= 11 is 5.91. The second-order valence-corrected chi connectivity index (χ2v) is 10.2. The molecule has 9 heteroatoms. The molecule has 7 nitrogen and oxygen atoms in total. The van der Waals surface area contributed by atoms with Crippen molar-refractivity contribution in [1.82, 2.24) is 23.9 Å². The van der Waals surface area contributed by atoms with Crippen LogP contribution in [-0.4, -0.2) is 27.6 Å². The predicted octanol–water partition coefficient (Wildman–Crippen LogP) is 4.15. The molecule has 0 radical (unpaired) electrons. The molecule has 31 heavy (non-hydrogen) atoms. The Morgan fingerprint density at radius 1 is 1.13 bits per heavy atom. The Kier molecular flexibility index (Phi) is 5.08. The van der Waals surface area contributed by atoms with Gasteiger partial charge in [-0.2, -0.15) is 5.10 Å². The van der Waals surface area contributed by atoms with Gasteiger partial charge in [0.15, 0.2) is 0 Å². The number of aromatic nitrogens is 4. The van der Waals surface area contributed by atoms with Crippen molar-refractivity contribution in [3.05, 3.63) is 83.0 Å². The van der Waals surface area contributed by atoms with E-state index in [0.29, 0.717) is 17.5 Å².